The minimum atomic E-state index is 0.893. The zero-order valence-corrected chi connectivity index (χ0v) is 8.13. The van der Waals surface area contributed by atoms with Crippen LogP contribution >= 0.6 is 0 Å². The molecule has 68 valence electrons. The second-order valence-electron chi connectivity index (χ2n) is 3.36. The molecule has 1 heterocycles. The average molecular weight is 167 g/mol. The predicted molar refractivity (Wildman–Crippen MR) is 50.1 cm³/mol. The van der Waals surface area contributed by atoms with Gasteiger partial charge < -0.3 is 9.32 Å². The van der Waals surface area contributed by atoms with Gasteiger partial charge in [0.15, 0.2) is 0 Å². The molecule has 0 aliphatic rings. The summed E-state index contributed by atoms with van der Waals surface area (Å²) in [7, 11) is 4.09. The molecule has 0 aromatic carbocycles. The third-order valence-corrected chi connectivity index (χ3v) is 1.69. The van der Waals surface area contributed by atoms with Crippen LogP contribution in [0.4, 0.5) is 0 Å². The van der Waals surface area contributed by atoms with E-state index in [1.165, 1.54) is 0 Å². The Bertz CT molecular complexity index is 227. The van der Waals surface area contributed by atoms with Gasteiger partial charge in [-0.25, -0.2) is 0 Å². The molecule has 0 saturated carbocycles. The number of hydrogen-bond acceptors (Lipinski definition) is 2. The van der Waals surface area contributed by atoms with Gasteiger partial charge in [-0.3, -0.25) is 0 Å². The molecule has 0 radical (unpaired) electrons. The second-order valence-corrected chi connectivity index (χ2v) is 3.36. The predicted octanol–water partition coefficient (Wildman–Crippen LogP) is 2.29. The van der Waals surface area contributed by atoms with Crippen molar-refractivity contribution < 1.29 is 4.42 Å². The molecule has 0 aliphatic carbocycles. The van der Waals surface area contributed by atoms with Gasteiger partial charge in [-0.2, -0.15) is 0 Å². The summed E-state index contributed by atoms with van der Waals surface area (Å²) in [5.74, 6) is 2.16. The van der Waals surface area contributed by atoms with Crippen molar-refractivity contribution in [2.45, 2.75) is 26.3 Å². The highest BCUT2D eigenvalue weighted by atomic mass is 16.3. The SMILES string of the molecule is CCCc1ccc(CN(C)C)o1. The number of furan rings is 1. The summed E-state index contributed by atoms with van der Waals surface area (Å²) in [5.41, 5.74) is 0. The van der Waals surface area contributed by atoms with Crippen LogP contribution in [0.5, 0.6) is 0 Å². The normalized spacial score (nSPS) is 11.0. The maximum Gasteiger partial charge on any atom is 0.118 e. The fourth-order valence-corrected chi connectivity index (χ4v) is 1.20. The van der Waals surface area contributed by atoms with Crippen molar-refractivity contribution in [2.24, 2.45) is 0 Å². The van der Waals surface area contributed by atoms with Crippen LogP contribution in [0.25, 0.3) is 0 Å². The Morgan fingerprint density at radius 2 is 1.92 bits per heavy atom. The van der Waals surface area contributed by atoms with Crippen molar-refractivity contribution in [2.75, 3.05) is 14.1 Å². The van der Waals surface area contributed by atoms with Crippen molar-refractivity contribution in [3.8, 4) is 0 Å². The molecule has 0 unspecified atom stereocenters. The average Bonchev–Trinajstić information content (AvgIpc) is 2.36. The summed E-state index contributed by atoms with van der Waals surface area (Å²) >= 11 is 0. The lowest BCUT2D eigenvalue weighted by Gasteiger charge is -2.05. The largest absolute Gasteiger partial charge is 0.465 e. The molecular weight excluding hydrogens is 150 g/mol. The summed E-state index contributed by atoms with van der Waals surface area (Å²) in [6.07, 6.45) is 2.20. The molecule has 0 N–H and O–H groups in total. The third kappa shape index (κ3) is 2.70. The van der Waals surface area contributed by atoms with E-state index < -0.39 is 0 Å². The molecule has 1 aromatic rings. The molecule has 0 saturated heterocycles. The van der Waals surface area contributed by atoms with Crippen molar-refractivity contribution >= 4 is 0 Å². The van der Waals surface area contributed by atoms with Gasteiger partial charge in [0.05, 0.1) is 6.54 Å². The summed E-state index contributed by atoms with van der Waals surface area (Å²) in [4.78, 5) is 2.11. The molecule has 0 aliphatic heterocycles. The van der Waals surface area contributed by atoms with E-state index in [0.29, 0.717) is 0 Å². The van der Waals surface area contributed by atoms with Crippen molar-refractivity contribution in [3.05, 3.63) is 23.7 Å². The van der Waals surface area contributed by atoms with Gasteiger partial charge in [0.25, 0.3) is 0 Å². The van der Waals surface area contributed by atoms with E-state index in [0.717, 1.165) is 30.9 Å². The van der Waals surface area contributed by atoms with Gasteiger partial charge in [-0.15, -0.1) is 0 Å². The van der Waals surface area contributed by atoms with Gasteiger partial charge >= 0.3 is 0 Å². The lowest BCUT2D eigenvalue weighted by atomic mass is 10.3. The first-order valence-corrected chi connectivity index (χ1v) is 4.44. The van der Waals surface area contributed by atoms with Crippen LogP contribution in [-0.2, 0) is 13.0 Å². The lowest BCUT2D eigenvalue weighted by Crippen LogP contribution is -2.09. The number of hydrogen-bond donors (Lipinski definition) is 0. The molecule has 1 aromatic heterocycles. The molecule has 0 amide bonds. The highest BCUT2D eigenvalue weighted by molar-refractivity contribution is 5.06. The fourth-order valence-electron chi connectivity index (χ4n) is 1.20. The molecule has 0 fully saturated rings. The summed E-state index contributed by atoms with van der Waals surface area (Å²) < 4.78 is 5.59. The van der Waals surface area contributed by atoms with E-state index in [4.69, 9.17) is 4.42 Å². The minimum Gasteiger partial charge on any atom is -0.465 e. The molecular formula is C10H17NO. The Morgan fingerprint density at radius 3 is 2.50 bits per heavy atom. The first kappa shape index (κ1) is 9.33. The Kier molecular flexibility index (Phi) is 3.35. The van der Waals surface area contributed by atoms with Crippen molar-refractivity contribution in [3.63, 3.8) is 0 Å². The van der Waals surface area contributed by atoms with Crippen LogP contribution in [0.15, 0.2) is 16.5 Å². The zero-order chi connectivity index (χ0) is 8.97. The van der Waals surface area contributed by atoms with Crippen LogP contribution < -0.4 is 0 Å². The van der Waals surface area contributed by atoms with E-state index in [9.17, 15) is 0 Å². The number of rotatable bonds is 4. The van der Waals surface area contributed by atoms with Crippen LogP contribution in [0.2, 0.25) is 0 Å². The standard InChI is InChI=1S/C10H17NO/c1-4-5-9-6-7-10(12-9)8-11(2)3/h6-7H,4-5,8H2,1-3H3. The first-order valence-electron chi connectivity index (χ1n) is 4.44. The number of nitrogens with zero attached hydrogens (tertiary/aromatic N) is 1. The molecule has 2 heteroatoms. The Labute approximate surface area is 74.2 Å². The Morgan fingerprint density at radius 1 is 1.25 bits per heavy atom. The Hall–Kier alpha value is -0.760. The van der Waals surface area contributed by atoms with E-state index in [1.54, 1.807) is 0 Å². The highest BCUT2D eigenvalue weighted by Crippen LogP contribution is 2.10. The van der Waals surface area contributed by atoms with Crippen molar-refractivity contribution in [1.82, 2.24) is 4.90 Å². The van der Waals surface area contributed by atoms with E-state index in [1.807, 2.05) is 14.1 Å². The highest BCUT2D eigenvalue weighted by Gasteiger charge is 2.01. The summed E-state index contributed by atoms with van der Waals surface area (Å²) in [5, 5.41) is 0. The van der Waals surface area contributed by atoms with Gasteiger partial charge in [-0.05, 0) is 32.6 Å². The van der Waals surface area contributed by atoms with Gasteiger partial charge in [0, 0.05) is 6.42 Å². The Balaban J connectivity index is 2.52. The molecule has 2 nitrogen and oxygen atoms in total. The third-order valence-electron chi connectivity index (χ3n) is 1.69. The maximum atomic E-state index is 5.59. The van der Waals surface area contributed by atoms with Crippen molar-refractivity contribution in [1.29, 1.82) is 0 Å². The number of aryl methyl sites for hydroxylation is 1. The van der Waals surface area contributed by atoms with Gasteiger partial charge in [0.1, 0.15) is 11.5 Å². The first-order chi connectivity index (χ1) is 5.72. The van der Waals surface area contributed by atoms with Gasteiger partial charge in [0.2, 0.25) is 0 Å². The smallest absolute Gasteiger partial charge is 0.118 e. The molecule has 0 spiro atoms. The van der Waals surface area contributed by atoms with E-state index in [-0.39, 0.29) is 0 Å². The van der Waals surface area contributed by atoms with Crippen LogP contribution in [0.1, 0.15) is 24.9 Å². The minimum absolute atomic E-state index is 0.893. The van der Waals surface area contributed by atoms with Crippen LogP contribution in [0, 0.1) is 0 Å². The molecule has 0 bridgehead atoms. The summed E-state index contributed by atoms with van der Waals surface area (Å²) in [6.45, 7) is 3.05. The van der Waals surface area contributed by atoms with E-state index in [2.05, 4.69) is 24.0 Å². The van der Waals surface area contributed by atoms with Crippen LogP contribution in [-0.4, -0.2) is 19.0 Å². The molecule has 12 heavy (non-hydrogen) atoms. The maximum absolute atomic E-state index is 5.59. The molecule has 1 rings (SSSR count). The van der Waals surface area contributed by atoms with Gasteiger partial charge in [-0.1, -0.05) is 6.92 Å². The quantitative estimate of drug-likeness (QED) is 0.684. The summed E-state index contributed by atoms with van der Waals surface area (Å²) in [6, 6.07) is 4.13. The lowest BCUT2D eigenvalue weighted by molar-refractivity contribution is 0.341. The second kappa shape index (κ2) is 4.31. The topological polar surface area (TPSA) is 16.4 Å². The zero-order valence-electron chi connectivity index (χ0n) is 8.13. The van der Waals surface area contributed by atoms with Crippen LogP contribution in [0.3, 0.4) is 0 Å². The fraction of sp³-hybridized carbons (Fsp3) is 0.600. The van der Waals surface area contributed by atoms with E-state index >= 15 is 0 Å². The monoisotopic (exact) mass is 167 g/mol. The molecule has 0 atom stereocenters.